The summed E-state index contributed by atoms with van der Waals surface area (Å²) in [6, 6.07) is 18.7. The predicted molar refractivity (Wildman–Crippen MR) is 130 cm³/mol. The molecule has 1 aliphatic rings. The molecule has 0 saturated carbocycles. The number of hydrogen-bond donors (Lipinski definition) is 1. The highest BCUT2D eigenvalue weighted by Gasteiger charge is 2.19. The number of rotatable bonds is 4. The third kappa shape index (κ3) is 4.10. The molecule has 0 saturated heterocycles. The van der Waals surface area contributed by atoms with Gasteiger partial charge in [-0.25, -0.2) is 0 Å². The molecule has 6 heteroatoms. The van der Waals surface area contributed by atoms with Crippen molar-refractivity contribution in [3.63, 3.8) is 0 Å². The first kappa shape index (κ1) is 21.6. The van der Waals surface area contributed by atoms with Gasteiger partial charge in [0.25, 0.3) is 5.56 Å². The Morgan fingerprint density at radius 2 is 1.97 bits per heavy atom. The summed E-state index contributed by atoms with van der Waals surface area (Å²) >= 11 is 6.40. The van der Waals surface area contributed by atoms with Gasteiger partial charge in [-0.05, 0) is 49.4 Å². The van der Waals surface area contributed by atoms with Gasteiger partial charge in [-0.2, -0.15) is 5.26 Å². The van der Waals surface area contributed by atoms with E-state index in [9.17, 15) is 10.1 Å². The van der Waals surface area contributed by atoms with Crippen LogP contribution in [0.4, 0.5) is 0 Å². The normalized spacial score (nSPS) is 16.0. The van der Waals surface area contributed by atoms with E-state index in [1.807, 2.05) is 61.5 Å². The fourth-order valence-corrected chi connectivity index (χ4v) is 4.13. The van der Waals surface area contributed by atoms with Crippen LogP contribution in [-0.2, 0) is 0 Å². The Balaban J connectivity index is 1.94. The summed E-state index contributed by atoms with van der Waals surface area (Å²) in [5, 5.41) is 14.6. The number of nitrogens with zero attached hydrogens (tertiary/aromatic N) is 3. The van der Waals surface area contributed by atoms with Gasteiger partial charge < -0.3 is 5.32 Å². The summed E-state index contributed by atoms with van der Waals surface area (Å²) < 4.78 is 1.66. The summed E-state index contributed by atoms with van der Waals surface area (Å²) in [4.78, 5) is 18.4. The van der Waals surface area contributed by atoms with Crippen molar-refractivity contribution < 1.29 is 0 Å². The molecule has 0 amide bonds. The number of para-hydroxylation sites is 1. The Hall–Kier alpha value is -3.62. The zero-order chi connectivity index (χ0) is 22.7. The molecule has 1 aromatic heterocycles. The number of benzene rings is 2. The van der Waals surface area contributed by atoms with Crippen LogP contribution in [0.5, 0.6) is 0 Å². The zero-order valence-corrected chi connectivity index (χ0v) is 18.7. The Morgan fingerprint density at radius 1 is 1.19 bits per heavy atom. The predicted octanol–water partition coefficient (Wildman–Crippen LogP) is 5.84. The lowest BCUT2D eigenvalue weighted by Crippen LogP contribution is -2.26. The second-order valence-corrected chi connectivity index (χ2v) is 7.98. The highest BCUT2D eigenvalue weighted by Crippen LogP contribution is 2.27. The maximum Gasteiger partial charge on any atom is 0.264 e. The molecule has 2 aromatic carbocycles. The number of pyridine rings is 1. The number of aliphatic imine (C=N–C) groups is 1. The number of aromatic nitrogens is 1. The van der Waals surface area contributed by atoms with Crippen LogP contribution in [-0.4, -0.2) is 10.4 Å². The molecule has 0 radical (unpaired) electrons. The molecule has 2 heterocycles. The summed E-state index contributed by atoms with van der Waals surface area (Å²) in [6.07, 6.45) is 5.41. The van der Waals surface area contributed by atoms with Gasteiger partial charge in [0, 0.05) is 11.4 Å². The maximum atomic E-state index is 13.6. The quantitative estimate of drug-likeness (QED) is 0.551. The molecule has 1 N–H and O–H groups in total. The Kier molecular flexibility index (Phi) is 6.25. The molecule has 32 heavy (non-hydrogen) atoms. The van der Waals surface area contributed by atoms with Gasteiger partial charge in [0.1, 0.15) is 11.9 Å². The van der Waals surface area contributed by atoms with E-state index in [2.05, 4.69) is 24.4 Å². The molecule has 160 valence electrons. The number of nitrogens with one attached hydrogen (secondary N) is 1. The molecule has 4 rings (SSSR count). The fourth-order valence-electron chi connectivity index (χ4n) is 3.87. The molecule has 3 aromatic rings. The van der Waals surface area contributed by atoms with Crippen molar-refractivity contribution in [2.24, 2.45) is 4.99 Å². The Labute approximate surface area is 192 Å². The summed E-state index contributed by atoms with van der Waals surface area (Å²) in [6.45, 7) is 3.98. The van der Waals surface area contributed by atoms with E-state index >= 15 is 0 Å². The van der Waals surface area contributed by atoms with Gasteiger partial charge in [-0.15, -0.1) is 0 Å². The molecular formula is C26H23ClN4O. The number of amidine groups is 1. The first-order valence-corrected chi connectivity index (χ1v) is 10.9. The number of fused-ring (bicyclic) bond motifs is 1. The molecule has 1 atom stereocenters. The van der Waals surface area contributed by atoms with Gasteiger partial charge in [0.15, 0.2) is 0 Å². The van der Waals surface area contributed by atoms with Crippen LogP contribution >= 0.6 is 11.6 Å². The second kappa shape index (κ2) is 9.25. The van der Waals surface area contributed by atoms with Crippen LogP contribution in [0, 0.1) is 11.3 Å². The molecule has 1 aliphatic heterocycles. The van der Waals surface area contributed by atoms with E-state index in [0.717, 1.165) is 23.2 Å². The van der Waals surface area contributed by atoms with E-state index in [1.54, 1.807) is 10.6 Å². The summed E-state index contributed by atoms with van der Waals surface area (Å²) in [5.41, 5.74) is 2.77. The smallest absolute Gasteiger partial charge is 0.264 e. The van der Waals surface area contributed by atoms with Gasteiger partial charge in [0.2, 0.25) is 0 Å². The van der Waals surface area contributed by atoms with E-state index < -0.39 is 6.04 Å². The number of nitriles is 1. The van der Waals surface area contributed by atoms with Crippen molar-refractivity contribution >= 4 is 28.2 Å². The van der Waals surface area contributed by atoms with Crippen molar-refractivity contribution in [2.45, 2.75) is 32.7 Å². The van der Waals surface area contributed by atoms with E-state index in [4.69, 9.17) is 16.6 Å². The third-order valence-corrected chi connectivity index (χ3v) is 5.83. The molecule has 1 unspecified atom stereocenters. The third-order valence-electron chi connectivity index (χ3n) is 5.51. The first-order valence-electron chi connectivity index (χ1n) is 10.6. The fraction of sp³-hybridized carbons (Fsp3) is 0.192. The lowest BCUT2D eigenvalue weighted by Gasteiger charge is -2.19. The van der Waals surface area contributed by atoms with Crippen molar-refractivity contribution in [2.75, 3.05) is 0 Å². The van der Waals surface area contributed by atoms with Gasteiger partial charge in [0.05, 0.1) is 27.7 Å². The minimum atomic E-state index is -0.401. The van der Waals surface area contributed by atoms with Crippen molar-refractivity contribution in [3.8, 4) is 11.8 Å². The largest absolute Gasteiger partial charge is 0.343 e. The van der Waals surface area contributed by atoms with Crippen LogP contribution in [0.1, 0.15) is 38.4 Å². The molecule has 0 fully saturated rings. The number of allylic oxidation sites excluding steroid dienone is 3. The monoisotopic (exact) mass is 442 g/mol. The highest BCUT2D eigenvalue weighted by molar-refractivity contribution is 6.35. The average molecular weight is 443 g/mol. The Bertz CT molecular complexity index is 1360. The molecule has 0 spiro atoms. The van der Waals surface area contributed by atoms with E-state index in [0.29, 0.717) is 33.9 Å². The van der Waals surface area contributed by atoms with Crippen LogP contribution in [0.25, 0.3) is 16.5 Å². The summed E-state index contributed by atoms with van der Waals surface area (Å²) in [7, 11) is 0. The average Bonchev–Trinajstić information content (AvgIpc) is 3.00. The lowest BCUT2D eigenvalue weighted by molar-refractivity contribution is 0.731. The minimum absolute atomic E-state index is 0.194. The van der Waals surface area contributed by atoms with Gasteiger partial charge in [-0.1, -0.05) is 61.0 Å². The number of hydrogen-bond acceptors (Lipinski definition) is 3. The number of halogens is 1. The highest BCUT2D eigenvalue weighted by atomic mass is 35.5. The molecule has 0 aliphatic carbocycles. The molecular weight excluding hydrogens is 420 g/mol. The van der Waals surface area contributed by atoms with Crippen LogP contribution in [0.15, 0.2) is 87.8 Å². The van der Waals surface area contributed by atoms with Crippen LogP contribution < -0.4 is 10.9 Å². The lowest BCUT2D eigenvalue weighted by atomic mass is 10.1. The summed E-state index contributed by atoms with van der Waals surface area (Å²) in [5.74, 6) is 0.517. The maximum absolute atomic E-state index is 13.6. The zero-order valence-electron chi connectivity index (χ0n) is 18.0. The van der Waals surface area contributed by atoms with Gasteiger partial charge >= 0.3 is 0 Å². The van der Waals surface area contributed by atoms with Crippen LogP contribution in [0.3, 0.4) is 0 Å². The molecule has 0 bridgehead atoms. The Morgan fingerprint density at radius 3 is 2.69 bits per heavy atom. The molecule has 5 nitrogen and oxygen atoms in total. The van der Waals surface area contributed by atoms with Crippen molar-refractivity contribution in [3.05, 3.63) is 99.1 Å². The van der Waals surface area contributed by atoms with Crippen LogP contribution in [0.2, 0.25) is 5.02 Å². The first-order chi connectivity index (χ1) is 15.5. The van der Waals surface area contributed by atoms with Crippen molar-refractivity contribution in [1.82, 2.24) is 9.88 Å². The topological polar surface area (TPSA) is 70.2 Å². The van der Waals surface area contributed by atoms with E-state index in [-0.39, 0.29) is 5.56 Å². The minimum Gasteiger partial charge on any atom is -0.343 e. The van der Waals surface area contributed by atoms with Crippen molar-refractivity contribution in [1.29, 1.82) is 5.26 Å². The second-order valence-electron chi connectivity index (χ2n) is 7.58. The van der Waals surface area contributed by atoms with E-state index in [1.165, 1.54) is 0 Å². The van der Waals surface area contributed by atoms with Gasteiger partial charge in [-0.3, -0.25) is 14.4 Å². The standard InChI is InChI=1S/C26H23ClN4O/c1-3-20-11-7-10-19(16-28)25(30-20)29-17(2)23-15-18-9-8-14-22(27)24(18)26(32)31(23)21-12-5-4-6-13-21/h4-6,8-15,17H,3,7H2,1-2H3,(H,29,30). The SMILES string of the molecule is CCC1=CCC=C(C#N)C(=NC(C)c2cc3cccc(Cl)c3c(=O)n2-c2ccccc2)N1.